The molecule has 1 aliphatic carbocycles. The molecule has 74 valence electrons. The topological polar surface area (TPSA) is 46.5 Å². The second-order valence-electron chi connectivity index (χ2n) is 3.18. The van der Waals surface area contributed by atoms with E-state index in [1.165, 1.54) is 0 Å². The van der Waals surface area contributed by atoms with Crippen LogP contribution in [0, 0.1) is 0 Å². The quantitative estimate of drug-likeness (QED) is 0.533. The van der Waals surface area contributed by atoms with E-state index in [-0.39, 0.29) is 0 Å². The molecule has 0 fully saturated rings. The molecule has 0 aliphatic heterocycles. The SMILES string of the molecule is CCOC(=O)[C@H](O)C1=CCCCC1. The maximum Gasteiger partial charge on any atom is 0.339 e. The van der Waals surface area contributed by atoms with Gasteiger partial charge < -0.3 is 9.84 Å². The van der Waals surface area contributed by atoms with Crippen molar-refractivity contribution in [3.05, 3.63) is 11.6 Å². The van der Waals surface area contributed by atoms with Crippen molar-refractivity contribution in [2.45, 2.75) is 38.7 Å². The molecule has 0 aromatic rings. The molecule has 1 atom stereocenters. The highest BCUT2D eigenvalue weighted by Crippen LogP contribution is 2.20. The van der Waals surface area contributed by atoms with Gasteiger partial charge in [0, 0.05) is 0 Å². The first-order chi connectivity index (χ1) is 6.25. The first-order valence-electron chi connectivity index (χ1n) is 4.79. The number of carbonyl (C=O) groups is 1. The van der Waals surface area contributed by atoms with Gasteiger partial charge in [-0.05, 0) is 38.2 Å². The Balaban J connectivity index is 2.50. The molecule has 0 aromatic heterocycles. The van der Waals surface area contributed by atoms with Crippen LogP contribution in [0.4, 0.5) is 0 Å². The van der Waals surface area contributed by atoms with E-state index < -0.39 is 12.1 Å². The third-order valence-electron chi connectivity index (χ3n) is 2.19. The molecule has 0 bridgehead atoms. The molecule has 0 saturated carbocycles. The van der Waals surface area contributed by atoms with E-state index in [4.69, 9.17) is 4.74 Å². The molecule has 3 heteroatoms. The van der Waals surface area contributed by atoms with Gasteiger partial charge in [0.15, 0.2) is 6.10 Å². The lowest BCUT2D eigenvalue weighted by molar-refractivity contribution is -0.151. The number of hydrogen-bond donors (Lipinski definition) is 1. The Kier molecular flexibility index (Phi) is 3.96. The zero-order chi connectivity index (χ0) is 9.68. The Morgan fingerprint density at radius 2 is 2.46 bits per heavy atom. The van der Waals surface area contributed by atoms with Gasteiger partial charge in [-0.1, -0.05) is 6.08 Å². The predicted molar refractivity (Wildman–Crippen MR) is 49.2 cm³/mol. The number of rotatable bonds is 3. The molecule has 0 saturated heterocycles. The molecule has 0 aromatic carbocycles. The molecule has 0 heterocycles. The zero-order valence-corrected chi connectivity index (χ0v) is 7.95. The first kappa shape index (κ1) is 10.3. The molecule has 1 rings (SSSR count). The molecule has 0 spiro atoms. The van der Waals surface area contributed by atoms with Crippen molar-refractivity contribution in [3.63, 3.8) is 0 Å². The lowest BCUT2D eigenvalue weighted by Crippen LogP contribution is -2.26. The minimum Gasteiger partial charge on any atom is -0.464 e. The first-order valence-corrected chi connectivity index (χ1v) is 4.79. The van der Waals surface area contributed by atoms with E-state index in [9.17, 15) is 9.90 Å². The van der Waals surface area contributed by atoms with Crippen LogP contribution in [0.5, 0.6) is 0 Å². The van der Waals surface area contributed by atoms with E-state index in [0.29, 0.717) is 6.61 Å². The zero-order valence-electron chi connectivity index (χ0n) is 7.95. The van der Waals surface area contributed by atoms with Crippen molar-refractivity contribution in [2.75, 3.05) is 6.61 Å². The Morgan fingerprint density at radius 1 is 1.69 bits per heavy atom. The lowest BCUT2D eigenvalue weighted by Gasteiger charge is -2.16. The van der Waals surface area contributed by atoms with Gasteiger partial charge in [0.25, 0.3) is 0 Å². The summed E-state index contributed by atoms with van der Waals surface area (Å²) < 4.78 is 4.73. The molecule has 3 nitrogen and oxygen atoms in total. The number of esters is 1. The van der Waals surface area contributed by atoms with Crippen molar-refractivity contribution in [1.29, 1.82) is 0 Å². The van der Waals surface area contributed by atoms with E-state index in [1.807, 2.05) is 6.08 Å². The number of hydrogen-bond acceptors (Lipinski definition) is 3. The molecule has 1 N–H and O–H groups in total. The van der Waals surface area contributed by atoms with Crippen molar-refractivity contribution in [1.82, 2.24) is 0 Å². The third-order valence-corrected chi connectivity index (χ3v) is 2.19. The van der Waals surface area contributed by atoms with E-state index in [2.05, 4.69) is 0 Å². The average molecular weight is 184 g/mol. The fraction of sp³-hybridized carbons (Fsp3) is 0.700. The third kappa shape index (κ3) is 2.84. The molecular weight excluding hydrogens is 168 g/mol. The minimum absolute atomic E-state index is 0.323. The molecule has 0 amide bonds. The maximum absolute atomic E-state index is 11.1. The van der Waals surface area contributed by atoms with Crippen LogP contribution in [-0.4, -0.2) is 23.8 Å². The lowest BCUT2D eigenvalue weighted by atomic mass is 9.95. The number of allylic oxidation sites excluding steroid dienone is 1. The molecule has 0 unspecified atom stereocenters. The van der Waals surface area contributed by atoms with Crippen LogP contribution in [-0.2, 0) is 9.53 Å². The summed E-state index contributed by atoms with van der Waals surface area (Å²) in [6.45, 7) is 2.06. The fourth-order valence-electron chi connectivity index (χ4n) is 1.48. The maximum atomic E-state index is 11.1. The summed E-state index contributed by atoms with van der Waals surface area (Å²) in [6, 6.07) is 0. The molecule has 1 aliphatic rings. The standard InChI is InChI=1S/C10H16O3/c1-2-13-10(12)9(11)8-6-4-3-5-7-8/h6,9,11H,2-5,7H2,1H3/t9-/m1/s1. The highest BCUT2D eigenvalue weighted by molar-refractivity contribution is 5.78. The van der Waals surface area contributed by atoms with Crippen LogP contribution in [0.1, 0.15) is 32.6 Å². The predicted octanol–water partition coefficient (Wildman–Crippen LogP) is 1.41. The normalized spacial score (nSPS) is 19.1. The highest BCUT2D eigenvalue weighted by Gasteiger charge is 2.21. The van der Waals surface area contributed by atoms with Crippen LogP contribution < -0.4 is 0 Å². The molecule has 0 radical (unpaired) electrons. The molecular formula is C10H16O3. The van der Waals surface area contributed by atoms with Gasteiger partial charge in [-0.15, -0.1) is 0 Å². The minimum atomic E-state index is -1.03. The van der Waals surface area contributed by atoms with Gasteiger partial charge in [-0.3, -0.25) is 0 Å². The van der Waals surface area contributed by atoms with E-state index >= 15 is 0 Å². The van der Waals surface area contributed by atoms with Crippen LogP contribution in [0.2, 0.25) is 0 Å². The average Bonchev–Trinajstić information content (AvgIpc) is 2.18. The fourth-order valence-corrected chi connectivity index (χ4v) is 1.48. The van der Waals surface area contributed by atoms with Gasteiger partial charge >= 0.3 is 5.97 Å². The summed E-state index contributed by atoms with van der Waals surface area (Å²) >= 11 is 0. The monoisotopic (exact) mass is 184 g/mol. The Hall–Kier alpha value is -0.830. The second kappa shape index (κ2) is 5.02. The van der Waals surface area contributed by atoms with E-state index in [1.54, 1.807) is 6.92 Å². The summed E-state index contributed by atoms with van der Waals surface area (Å²) in [5.74, 6) is -0.518. The summed E-state index contributed by atoms with van der Waals surface area (Å²) in [7, 11) is 0. The van der Waals surface area contributed by atoms with Crippen LogP contribution in [0.15, 0.2) is 11.6 Å². The molecule has 13 heavy (non-hydrogen) atoms. The summed E-state index contributed by atoms with van der Waals surface area (Å²) in [5.41, 5.74) is 0.824. The van der Waals surface area contributed by atoms with E-state index in [0.717, 1.165) is 31.3 Å². The Bertz CT molecular complexity index is 208. The van der Waals surface area contributed by atoms with Crippen molar-refractivity contribution >= 4 is 5.97 Å². The van der Waals surface area contributed by atoms with Crippen LogP contribution in [0.25, 0.3) is 0 Å². The number of aliphatic hydroxyl groups excluding tert-OH is 1. The highest BCUT2D eigenvalue weighted by atomic mass is 16.5. The van der Waals surface area contributed by atoms with Gasteiger partial charge in [0.05, 0.1) is 6.61 Å². The van der Waals surface area contributed by atoms with Gasteiger partial charge in [0.1, 0.15) is 0 Å². The van der Waals surface area contributed by atoms with Crippen molar-refractivity contribution in [3.8, 4) is 0 Å². The van der Waals surface area contributed by atoms with Gasteiger partial charge in [-0.2, -0.15) is 0 Å². The smallest absolute Gasteiger partial charge is 0.339 e. The van der Waals surface area contributed by atoms with Crippen molar-refractivity contribution in [2.24, 2.45) is 0 Å². The number of aliphatic hydroxyl groups is 1. The summed E-state index contributed by atoms with van der Waals surface area (Å²) in [5, 5.41) is 9.53. The second-order valence-corrected chi connectivity index (χ2v) is 3.18. The van der Waals surface area contributed by atoms with Crippen molar-refractivity contribution < 1.29 is 14.6 Å². The largest absolute Gasteiger partial charge is 0.464 e. The van der Waals surface area contributed by atoms with Gasteiger partial charge in [-0.25, -0.2) is 4.79 Å². The number of ether oxygens (including phenoxy) is 1. The van der Waals surface area contributed by atoms with Crippen LogP contribution in [0.3, 0.4) is 0 Å². The Labute approximate surface area is 78.4 Å². The summed E-state index contributed by atoms with van der Waals surface area (Å²) in [4.78, 5) is 11.1. The van der Waals surface area contributed by atoms with Crippen LogP contribution >= 0.6 is 0 Å². The Morgan fingerprint density at radius 3 is 3.00 bits per heavy atom. The van der Waals surface area contributed by atoms with Gasteiger partial charge in [0.2, 0.25) is 0 Å². The number of carbonyl (C=O) groups excluding carboxylic acids is 1. The summed E-state index contributed by atoms with van der Waals surface area (Å²) in [6.07, 6.45) is 4.92.